The third-order valence-electron chi connectivity index (χ3n) is 2.70. The number of hydrogen-bond acceptors (Lipinski definition) is 3. The molecule has 0 aliphatic heterocycles. The SMILES string of the molecule is O=Cc1cn(Cc2cccs2)c2ncccc12. The Hall–Kier alpha value is -1.94. The van der Waals surface area contributed by atoms with Crippen molar-refractivity contribution in [1.29, 1.82) is 0 Å². The highest BCUT2D eigenvalue weighted by atomic mass is 32.1. The number of aldehydes is 1. The molecule has 0 bridgehead atoms. The lowest BCUT2D eigenvalue weighted by Gasteiger charge is -2.01. The van der Waals surface area contributed by atoms with Crippen LogP contribution in [0.3, 0.4) is 0 Å². The summed E-state index contributed by atoms with van der Waals surface area (Å²) in [7, 11) is 0. The lowest BCUT2D eigenvalue weighted by Crippen LogP contribution is -1.96. The number of nitrogens with zero attached hydrogens (tertiary/aromatic N) is 2. The predicted octanol–water partition coefficient (Wildman–Crippen LogP) is 2.96. The van der Waals surface area contributed by atoms with Crippen molar-refractivity contribution in [2.75, 3.05) is 0 Å². The van der Waals surface area contributed by atoms with Crippen molar-refractivity contribution in [3.05, 3.63) is 52.5 Å². The summed E-state index contributed by atoms with van der Waals surface area (Å²) in [5.41, 5.74) is 1.56. The molecule has 0 spiro atoms. The van der Waals surface area contributed by atoms with Gasteiger partial charge in [0.15, 0.2) is 6.29 Å². The van der Waals surface area contributed by atoms with Gasteiger partial charge in [0.25, 0.3) is 0 Å². The molecular weight excluding hydrogens is 232 g/mol. The Morgan fingerprint density at radius 3 is 3.06 bits per heavy atom. The van der Waals surface area contributed by atoms with Gasteiger partial charge >= 0.3 is 0 Å². The lowest BCUT2D eigenvalue weighted by atomic mass is 10.2. The van der Waals surface area contributed by atoms with Crippen LogP contribution in [-0.4, -0.2) is 15.8 Å². The smallest absolute Gasteiger partial charge is 0.152 e. The van der Waals surface area contributed by atoms with E-state index in [-0.39, 0.29) is 0 Å². The van der Waals surface area contributed by atoms with Gasteiger partial charge in [0, 0.05) is 28.2 Å². The zero-order valence-electron chi connectivity index (χ0n) is 9.04. The zero-order chi connectivity index (χ0) is 11.7. The van der Waals surface area contributed by atoms with Gasteiger partial charge < -0.3 is 4.57 Å². The van der Waals surface area contributed by atoms with Gasteiger partial charge in [0.2, 0.25) is 0 Å². The van der Waals surface area contributed by atoms with Crippen molar-refractivity contribution in [3.8, 4) is 0 Å². The topological polar surface area (TPSA) is 34.9 Å². The van der Waals surface area contributed by atoms with Crippen molar-refractivity contribution in [3.63, 3.8) is 0 Å². The highest BCUT2D eigenvalue weighted by molar-refractivity contribution is 7.09. The summed E-state index contributed by atoms with van der Waals surface area (Å²) in [5.74, 6) is 0. The summed E-state index contributed by atoms with van der Waals surface area (Å²) in [5, 5.41) is 2.97. The molecule has 0 aliphatic carbocycles. The lowest BCUT2D eigenvalue weighted by molar-refractivity contribution is 0.112. The first-order valence-electron chi connectivity index (χ1n) is 5.30. The maximum atomic E-state index is 11.0. The number of carbonyl (C=O) groups is 1. The average molecular weight is 242 g/mol. The molecule has 3 heterocycles. The molecule has 0 fully saturated rings. The first-order valence-corrected chi connectivity index (χ1v) is 6.18. The Morgan fingerprint density at radius 2 is 2.29 bits per heavy atom. The normalized spacial score (nSPS) is 10.8. The third-order valence-corrected chi connectivity index (χ3v) is 3.56. The first-order chi connectivity index (χ1) is 8.38. The monoisotopic (exact) mass is 242 g/mol. The summed E-state index contributed by atoms with van der Waals surface area (Å²) in [6.45, 7) is 0.763. The van der Waals surface area contributed by atoms with Gasteiger partial charge in [-0.3, -0.25) is 4.79 Å². The molecule has 0 saturated heterocycles. The average Bonchev–Trinajstić information content (AvgIpc) is 2.98. The van der Waals surface area contributed by atoms with Crippen LogP contribution < -0.4 is 0 Å². The van der Waals surface area contributed by atoms with Gasteiger partial charge in [-0.1, -0.05) is 6.07 Å². The Balaban J connectivity index is 2.13. The fourth-order valence-electron chi connectivity index (χ4n) is 1.93. The van der Waals surface area contributed by atoms with Gasteiger partial charge in [0.05, 0.1) is 6.54 Å². The van der Waals surface area contributed by atoms with Gasteiger partial charge in [-0.15, -0.1) is 11.3 Å². The van der Waals surface area contributed by atoms with E-state index in [4.69, 9.17) is 0 Å². The van der Waals surface area contributed by atoms with Crippen LogP contribution in [-0.2, 0) is 6.54 Å². The molecule has 0 aliphatic rings. The molecule has 0 atom stereocenters. The van der Waals surface area contributed by atoms with Crippen LogP contribution in [0.25, 0.3) is 11.0 Å². The molecule has 0 aromatic carbocycles. The minimum atomic E-state index is 0.699. The Kier molecular flexibility index (Phi) is 2.49. The van der Waals surface area contributed by atoms with Crippen LogP contribution in [0.1, 0.15) is 15.2 Å². The summed E-state index contributed by atoms with van der Waals surface area (Å²) in [4.78, 5) is 16.6. The number of rotatable bonds is 3. The van der Waals surface area contributed by atoms with Crippen molar-refractivity contribution in [2.45, 2.75) is 6.54 Å². The second kappa shape index (κ2) is 4.14. The summed E-state index contributed by atoms with van der Waals surface area (Å²) < 4.78 is 2.02. The standard InChI is InChI=1S/C13H10N2OS/c16-9-10-7-15(8-11-3-2-6-17-11)13-12(10)4-1-5-14-13/h1-7,9H,8H2. The number of hydrogen-bond donors (Lipinski definition) is 0. The molecule has 0 radical (unpaired) electrons. The van der Waals surface area contributed by atoms with E-state index in [0.29, 0.717) is 5.56 Å². The second-order valence-electron chi connectivity index (χ2n) is 3.78. The molecule has 0 amide bonds. The van der Waals surface area contributed by atoms with Crippen molar-refractivity contribution >= 4 is 28.7 Å². The molecular formula is C13H10N2OS. The van der Waals surface area contributed by atoms with E-state index in [1.54, 1.807) is 17.5 Å². The molecule has 17 heavy (non-hydrogen) atoms. The second-order valence-corrected chi connectivity index (χ2v) is 4.82. The van der Waals surface area contributed by atoms with E-state index in [0.717, 1.165) is 23.9 Å². The first kappa shape index (κ1) is 10.2. The zero-order valence-corrected chi connectivity index (χ0v) is 9.85. The Morgan fingerprint density at radius 1 is 1.35 bits per heavy atom. The quantitative estimate of drug-likeness (QED) is 0.662. The molecule has 0 unspecified atom stereocenters. The molecule has 0 saturated carbocycles. The van der Waals surface area contributed by atoms with E-state index in [1.165, 1.54) is 4.88 Å². The fraction of sp³-hybridized carbons (Fsp3) is 0.0769. The minimum Gasteiger partial charge on any atom is -0.327 e. The van der Waals surface area contributed by atoms with E-state index in [9.17, 15) is 4.79 Å². The largest absolute Gasteiger partial charge is 0.327 e. The van der Waals surface area contributed by atoms with E-state index < -0.39 is 0 Å². The molecule has 3 rings (SSSR count). The summed E-state index contributed by atoms with van der Waals surface area (Å²) >= 11 is 1.71. The molecule has 4 heteroatoms. The van der Waals surface area contributed by atoms with Gasteiger partial charge in [-0.05, 0) is 23.6 Å². The summed E-state index contributed by atoms with van der Waals surface area (Å²) in [6, 6.07) is 7.89. The number of carbonyl (C=O) groups excluding carboxylic acids is 1. The minimum absolute atomic E-state index is 0.699. The maximum absolute atomic E-state index is 11.0. The molecule has 84 valence electrons. The number of pyridine rings is 1. The molecule has 0 N–H and O–H groups in total. The van der Waals surface area contributed by atoms with Crippen LogP contribution in [0.2, 0.25) is 0 Å². The van der Waals surface area contributed by atoms with Crippen molar-refractivity contribution < 1.29 is 4.79 Å². The molecule has 3 aromatic rings. The van der Waals surface area contributed by atoms with Crippen LogP contribution >= 0.6 is 11.3 Å². The van der Waals surface area contributed by atoms with Crippen molar-refractivity contribution in [1.82, 2.24) is 9.55 Å². The van der Waals surface area contributed by atoms with E-state index in [1.807, 2.05) is 29.0 Å². The highest BCUT2D eigenvalue weighted by Gasteiger charge is 2.08. The highest BCUT2D eigenvalue weighted by Crippen LogP contribution is 2.20. The van der Waals surface area contributed by atoms with Crippen molar-refractivity contribution in [2.24, 2.45) is 0 Å². The van der Waals surface area contributed by atoms with E-state index in [2.05, 4.69) is 16.4 Å². The fourth-order valence-corrected chi connectivity index (χ4v) is 2.64. The molecule has 3 aromatic heterocycles. The Labute approximate surface area is 102 Å². The third kappa shape index (κ3) is 1.76. The maximum Gasteiger partial charge on any atom is 0.152 e. The van der Waals surface area contributed by atoms with Gasteiger partial charge in [0.1, 0.15) is 5.65 Å². The van der Waals surface area contributed by atoms with E-state index >= 15 is 0 Å². The van der Waals surface area contributed by atoms with Gasteiger partial charge in [-0.25, -0.2) is 4.98 Å². The predicted molar refractivity (Wildman–Crippen MR) is 68.5 cm³/mol. The van der Waals surface area contributed by atoms with Crippen LogP contribution in [0.5, 0.6) is 0 Å². The number of aromatic nitrogens is 2. The van der Waals surface area contributed by atoms with Crippen LogP contribution in [0, 0.1) is 0 Å². The number of thiophene rings is 1. The van der Waals surface area contributed by atoms with Crippen LogP contribution in [0.15, 0.2) is 42.0 Å². The van der Waals surface area contributed by atoms with Crippen LogP contribution in [0.4, 0.5) is 0 Å². The van der Waals surface area contributed by atoms with Gasteiger partial charge in [-0.2, -0.15) is 0 Å². The molecule has 3 nitrogen and oxygen atoms in total. The summed E-state index contributed by atoms with van der Waals surface area (Å²) in [6.07, 6.45) is 4.50. The Bertz CT molecular complexity index is 655. The number of fused-ring (bicyclic) bond motifs is 1.